The molecule has 1 aromatic heterocycles. The molecular weight excluding hydrogens is 238 g/mol. The Kier molecular flexibility index (Phi) is 2.32. The molecule has 5 nitrogen and oxygen atoms in total. The lowest BCUT2D eigenvalue weighted by atomic mass is 10.4. The second-order valence-corrected chi connectivity index (χ2v) is 3.45. The summed E-state index contributed by atoms with van der Waals surface area (Å²) in [7, 11) is 0. The smallest absolute Gasteiger partial charge is 0.267 e. The van der Waals surface area contributed by atoms with Crippen molar-refractivity contribution in [1.29, 1.82) is 0 Å². The highest BCUT2D eigenvalue weighted by Gasteiger charge is 2.18. The van der Waals surface area contributed by atoms with Crippen molar-refractivity contribution in [1.82, 2.24) is 9.97 Å². The summed E-state index contributed by atoms with van der Waals surface area (Å²) in [6.07, 6.45) is 2.32. The molecule has 0 amide bonds. The van der Waals surface area contributed by atoms with Gasteiger partial charge in [-0.3, -0.25) is 9.63 Å². The van der Waals surface area contributed by atoms with E-state index in [9.17, 15) is 4.79 Å². The number of hydroxylamine groups is 1. The minimum atomic E-state index is -0.194. The second-order valence-electron chi connectivity index (χ2n) is 2.66. The predicted octanol–water partition coefficient (Wildman–Crippen LogP) is 0.674. The second kappa shape index (κ2) is 3.47. The van der Waals surface area contributed by atoms with Crippen LogP contribution in [0.25, 0.3) is 0 Å². The number of rotatable bonds is 1. The van der Waals surface area contributed by atoms with Crippen LogP contribution in [0.1, 0.15) is 6.42 Å². The molecule has 0 unspecified atom stereocenters. The Hall–Kier alpha value is -0.880. The largest absolute Gasteiger partial charge is 0.312 e. The quantitative estimate of drug-likeness (QED) is 0.791. The maximum Gasteiger partial charge on any atom is 0.267 e. The molecule has 1 aliphatic rings. The molecule has 70 valence electrons. The average molecular weight is 246 g/mol. The summed E-state index contributed by atoms with van der Waals surface area (Å²) in [4.78, 5) is 22.9. The molecule has 0 aliphatic carbocycles. The van der Waals surface area contributed by atoms with Crippen LogP contribution in [-0.4, -0.2) is 23.1 Å². The Morgan fingerprint density at radius 2 is 2.54 bits per heavy atom. The molecule has 2 rings (SSSR count). The fourth-order valence-corrected chi connectivity index (χ4v) is 1.58. The van der Waals surface area contributed by atoms with Crippen LogP contribution in [-0.2, 0) is 4.84 Å². The van der Waals surface area contributed by atoms with Gasteiger partial charge in [-0.25, -0.2) is 10.0 Å². The molecule has 0 spiro atoms. The van der Waals surface area contributed by atoms with Crippen LogP contribution in [0, 0.1) is 0 Å². The van der Waals surface area contributed by atoms with Gasteiger partial charge in [0.15, 0.2) is 5.82 Å². The molecule has 0 aromatic carbocycles. The van der Waals surface area contributed by atoms with Gasteiger partial charge in [-0.15, -0.1) is 0 Å². The third-order valence-corrected chi connectivity index (χ3v) is 2.48. The zero-order valence-electron chi connectivity index (χ0n) is 6.79. The van der Waals surface area contributed by atoms with Crippen LogP contribution >= 0.6 is 15.9 Å². The number of halogens is 1. The lowest BCUT2D eigenvalue weighted by molar-refractivity contribution is 0.165. The van der Waals surface area contributed by atoms with Gasteiger partial charge < -0.3 is 4.98 Å². The first kappa shape index (κ1) is 8.71. The third-order valence-electron chi connectivity index (χ3n) is 1.77. The van der Waals surface area contributed by atoms with E-state index in [1.807, 2.05) is 0 Å². The van der Waals surface area contributed by atoms with Gasteiger partial charge in [-0.05, 0) is 22.4 Å². The molecule has 1 aromatic rings. The lowest BCUT2D eigenvalue weighted by Gasteiger charge is -2.14. The fraction of sp³-hybridized carbons (Fsp3) is 0.429. The number of hydrogen-bond donors (Lipinski definition) is 1. The number of H-pyrrole nitrogens is 1. The summed E-state index contributed by atoms with van der Waals surface area (Å²) in [6, 6.07) is 0. The zero-order chi connectivity index (χ0) is 9.26. The Balaban J connectivity index is 2.39. The Labute approximate surface area is 82.8 Å². The van der Waals surface area contributed by atoms with Crippen LogP contribution in [0.5, 0.6) is 0 Å². The minimum absolute atomic E-state index is 0.194. The molecule has 6 heteroatoms. The van der Waals surface area contributed by atoms with Crippen molar-refractivity contribution in [2.75, 3.05) is 18.2 Å². The highest BCUT2D eigenvalue weighted by molar-refractivity contribution is 9.10. The van der Waals surface area contributed by atoms with Crippen molar-refractivity contribution in [2.45, 2.75) is 6.42 Å². The Morgan fingerprint density at radius 3 is 3.23 bits per heavy atom. The number of aromatic nitrogens is 2. The molecule has 1 aliphatic heterocycles. The first-order valence-corrected chi connectivity index (χ1v) is 4.72. The summed E-state index contributed by atoms with van der Waals surface area (Å²) < 4.78 is 0.414. The van der Waals surface area contributed by atoms with Crippen molar-refractivity contribution in [3.63, 3.8) is 0 Å². The normalized spacial score (nSPS) is 16.5. The van der Waals surface area contributed by atoms with E-state index in [1.54, 1.807) is 5.06 Å². The van der Waals surface area contributed by atoms with Gasteiger partial charge in [0.2, 0.25) is 0 Å². The van der Waals surface area contributed by atoms with Crippen LogP contribution in [0.15, 0.2) is 15.6 Å². The topological polar surface area (TPSA) is 58.2 Å². The third kappa shape index (κ3) is 1.59. The summed E-state index contributed by atoms with van der Waals surface area (Å²) in [5.74, 6) is 0.543. The fourth-order valence-electron chi connectivity index (χ4n) is 1.16. The molecule has 1 saturated heterocycles. The van der Waals surface area contributed by atoms with Crippen molar-refractivity contribution < 1.29 is 4.84 Å². The van der Waals surface area contributed by atoms with Crippen LogP contribution in [0.2, 0.25) is 0 Å². The van der Waals surface area contributed by atoms with Crippen molar-refractivity contribution in [3.8, 4) is 0 Å². The van der Waals surface area contributed by atoms with Crippen molar-refractivity contribution in [2.24, 2.45) is 0 Å². The van der Waals surface area contributed by atoms with E-state index >= 15 is 0 Å². The molecular formula is C7H8BrN3O2. The van der Waals surface area contributed by atoms with Crippen molar-refractivity contribution in [3.05, 3.63) is 21.2 Å². The molecule has 2 heterocycles. The van der Waals surface area contributed by atoms with Gasteiger partial charge in [-0.1, -0.05) is 0 Å². The predicted molar refractivity (Wildman–Crippen MR) is 50.5 cm³/mol. The van der Waals surface area contributed by atoms with Crippen LogP contribution in [0.4, 0.5) is 5.82 Å². The van der Waals surface area contributed by atoms with E-state index in [0.29, 0.717) is 16.9 Å². The van der Waals surface area contributed by atoms with Gasteiger partial charge in [0.1, 0.15) is 4.47 Å². The van der Waals surface area contributed by atoms with Gasteiger partial charge in [0.25, 0.3) is 5.56 Å². The zero-order valence-corrected chi connectivity index (χ0v) is 8.37. The van der Waals surface area contributed by atoms with Crippen LogP contribution < -0.4 is 10.6 Å². The number of hydrogen-bond acceptors (Lipinski definition) is 4. The highest BCUT2D eigenvalue weighted by atomic mass is 79.9. The highest BCUT2D eigenvalue weighted by Crippen LogP contribution is 2.21. The minimum Gasteiger partial charge on any atom is -0.312 e. The average Bonchev–Trinajstić information content (AvgIpc) is 2.62. The molecule has 0 atom stereocenters. The first-order valence-electron chi connectivity index (χ1n) is 3.92. The summed E-state index contributed by atoms with van der Waals surface area (Å²) in [5, 5.41) is 1.62. The maximum absolute atomic E-state index is 11.2. The van der Waals surface area contributed by atoms with Gasteiger partial charge in [-0.2, -0.15) is 0 Å². The van der Waals surface area contributed by atoms with Gasteiger partial charge >= 0.3 is 0 Å². The number of aromatic amines is 1. The lowest BCUT2D eigenvalue weighted by Crippen LogP contribution is -2.21. The molecule has 0 bridgehead atoms. The molecule has 1 fully saturated rings. The molecule has 13 heavy (non-hydrogen) atoms. The Bertz CT molecular complexity index is 359. The van der Waals surface area contributed by atoms with E-state index in [4.69, 9.17) is 4.84 Å². The number of nitrogens with zero attached hydrogens (tertiary/aromatic N) is 2. The van der Waals surface area contributed by atoms with E-state index in [2.05, 4.69) is 25.9 Å². The molecule has 0 radical (unpaired) electrons. The van der Waals surface area contributed by atoms with E-state index < -0.39 is 0 Å². The maximum atomic E-state index is 11.2. The number of anilines is 1. The van der Waals surface area contributed by atoms with E-state index in [0.717, 1.165) is 13.0 Å². The standard InChI is InChI=1S/C7H8BrN3O2/c8-5-6(9-4-10-7(5)12)11-2-1-3-13-11/h4H,1-3H2,(H,9,10,12). The van der Waals surface area contributed by atoms with E-state index in [1.165, 1.54) is 6.33 Å². The van der Waals surface area contributed by atoms with Crippen LogP contribution in [0.3, 0.4) is 0 Å². The summed E-state index contributed by atoms with van der Waals surface area (Å²) in [6.45, 7) is 1.45. The Morgan fingerprint density at radius 1 is 1.69 bits per heavy atom. The SMILES string of the molecule is O=c1[nH]cnc(N2CCCO2)c1Br. The molecule has 0 saturated carbocycles. The summed E-state index contributed by atoms with van der Waals surface area (Å²) >= 11 is 3.16. The summed E-state index contributed by atoms with van der Waals surface area (Å²) in [5.41, 5.74) is -0.194. The van der Waals surface area contributed by atoms with Crippen molar-refractivity contribution >= 4 is 21.7 Å². The number of nitrogens with one attached hydrogen (secondary N) is 1. The monoisotopic (exact) mass is 245 g/mol. The first-order chi connectivity index (χ1) is 6.29. The van der Waals surface area contributed by atoms with Gasteiger partial charge in [0, 0.05) is 6.54 Å². The van der Waals surface area contributed by atoms with Gasteiger partial charge in [0.05, 0.1) is 12.9 Å². The van der Waals surface area contributed by atoms with E-state index in [-0.39, 0.29) is 5.56 Å². The molecule has 1 N–H and O–H groups in total.